The number of hydrogen-bond acceptors (Lipinski definition) is 4. The Morgan fingerprint density at radius 3 is 2.68 bits per heavy atom. The second-order valence-electron chi connectivity index (χ2n) is 8.04. The SMILES string of the molecule is CN=C(NCCc1ccc(Cl)nc1)NCC1(CN2CCOCC2)CCCCC1. The number of aromatic nitrogens is 1. The molecule has 0 bridgehead atoms. The number of rotatable bonds is 7. The molecule has 1 saturated carbocycles. The van der Waals surface area contributed by atoms with Gasteiger partial charge in [0.15, 0.2) is 5.96 Å². The smallest absolute Gasteiger partial charge is 0.191 e. The first-order valence-electron chi connectivity index (χ1n) is 10.5. The zero-order valence-corrected chi connectivity index (χ0v) is 17.8. The van der Waals surface area contributed by atoms with Crippen LogP contribution in [0.1, 0.15) is 37.7 Å². The van der Waals surface area contributed by atoms with Crippen LogP contribution in [0.15, 0.2) is 23.3 Å². The zero-order valence-electron chi connectivity index (χ0n) is 17.1. The van der Waals surface area contributed by atoms with Crippen LogP contribution in [0.5, 0.6) is 0 Å². The van der Waals surface area contributed by atoms with Gasteiger partial charge in [-0.3, -0.25) is 9.89 Å². The van der Waals surface area contributed by atoms with Crippen molar-refractivity contribution in [2.75, 3.05) is 53.0 Å². The van der Waals surface area contributed by atoms with Gasteiger partial charge < -0.3 is 15.4 Å². The number of nitrogens with one attached hydrogen (secondary N) is 2. The summed E-state index contributed by atoms with van der Waals surface area (Å²) in [5, 5.41) is 7.58. The lowest BCUT2D eigenvalue weighted by atomic mass is 9.73. The van der Waals surface area contributed by atoms with Crippen LogP contribution in [0.25, 0.3) is 0 Å². The van der Waals surface area contributed by atoms with Gasteiger partial charge in [0.25, 0.3) is 0 Å². The van der Waals surface area contributed by atoms with E-state index in [0.29, 0.717) is 10.6 Å². The van der Waals surface area contributed by atoms with Crippen LogP contribution in [-0.2, 0) is 11.2 Å². The van der Waals surface area contributed by atoms with Crippen molar-refractivity contribution in [1.29, 1.82) is 0 Å². The first kappa shape index (κ1) is 21.3. The first-order chi connectivity index (χ1) is 13.7. The Balaban J connectivity index is 1.48. The van der Waals surface area contributed by atoms with Crippen molar-refractivity contribution in [2.45, 2.75) is 38.5 Å². The lowest BCUT2D eigenvalue weighted by Crippen LogP contribution is -2.51. The maximum atomic E-state index is 5.85. The fourth-order valence-electron chi connectivity index (χ4n) is 4.30. The predicted molar refractivity (Wildman–Crippen MR) is 115 cm³/mol. The van der Waals surface area contributed by atoms with E-state index in [0.717, 1.165) is 58.3 Å². The number of halogens is 1. The molecule has 0 atom stereocenters. The Labute approximate surface area is 174 Å². The van der Waals surface area contributed by atoms with Crippen molar-refractivity contribution >= 4 is 17.6 Å². The molecule has 1 aromatic rings. The lowest BCUT2D eigenvalue weighted by molar-refractivity contribution is 0.00820. The van der Waals surface area contributed by atoms with E-state index >= 15 is 0 Å². The van der Waals surface area contributed by atoms with Gasteiger partial charge in [0, 0.05) is 51.4 Å². The van der Waals surface area contributed by atoms with E-state index in [9.17, 15) is 0 Å². The second-order valence-corrected chi connectivity index (χ2v) is 8.43. The minimum absolute atomic E-state index is 0.341. The third-order valence-corrected chi connectivity index (χ3v) is 6.15. The molecular formula is C21H34ClN5O. The third kappa shape index (κ3) is 6.61. The maximum absolute atomic E-state index is 5.85. The predicted octanol–water partition coefficient (Wildman–Crippen LogP) is 2.73. The Kier molecular flexibility index (Phi) is 8.37. The van der Waals surface area contributed by atoms with Gasteiger partial charge in [-0.2, -0.15) is 0 Å². The van der Waals surface area contributed by atoms with Crippen molar-refractivity contribution in [2.24, 2.45) is 10.4 Å². The zero-order chi connectivity index (χ0) is 19.7. The topological polar surface area (TPSA) is 61.8 Å². The highest BCUT2D eigenvalue weighted by Gasteiger charge is 2.34. The monoisotopic (exact) mass is 407 g/mol. The first-order valence-corrected chi connectivity index (χ1v) is 10.9. The van der Waals surface area contributed by atoms with Crippen LogP contribution in [0.3, 0.4) is 0 Å². The number of hydrogen-bond donors (Lipinski definition) is 2. The molecule has 2 heterocycles. The lowest BCUT2D eigenvalue weighted by Gasteiger charge is -2.42. The quantitative estimate of drug-likeness (QED) is 0.413. The van der Waals surface area contributed by atoms with Crippen LogP contribution >= 0.6 is 11.6 Å². The standard InChI is InChI=1S/C21H34ClN5O/c1-23-20(24-10-7-18-5-6-19(22)25-15-18)26-16-21(8-3-2-4-9-21)17-27-11-13-28-14-12-27/h5-6,15H,2-4,7-14,16-17H2,1H3,(H2,23,24,26). The highest BCUT2D eigenvalue weighted by molar-refractivity contribution is 6.29. The number of ether oxygens (including phenoxy) is 1. The van der Waals surface area contributed by atoms with E-state index < -0.39 is 0 Å². The fourth-order valence-corrected chi connectivity index (χ4v) is 4.41. The molecule has 2 aliphatic rings. The summed E-state index contributed by atoms with van der Waals surface area (Å²) in [4.78, 5) is 11.1. The van der Waals surface area contributed by atoms with E-state index in [1.165, 1.54) is 37.7 Å². The van der Waals surface area contributed by atoms with Gasteiger partial charge in [-0.25, -0.2) is 4.98 Å². The van der Waals surface area contributed by atoms with E-state index in [-0.39, 0.29) is 0 Å². The number of morpholine rings is 1. The molecule has 6 nitrogen and oxygen atoms in total. The Bertz CT molecular complexity index is 610. The summed E-state index contributed by atoms with van der Waals surface area (Å²) in [6.07, 6.45) is 9.36. The van der Waals surface area contributed by atoms with Gasteiger partial charge in [0.2, 0.25) is 0 Å². The molecule has 7 heteroatoms. The summed E-state index contributed by atoms with van der Waals surface area (Å²) in [7, 11) is 1.84. The third-order valence-electron chi connectivity index (χ3n) is 5.93. The highest BCUT2D eigenvalue weighted by atomic mass is 35.5. The Morgan fingerprint density at radius 2 is 2.00 bits per heavy atom. The molecule has 0 spiro atoms. The van der Waals surface area contributed by atoms with Gasteiger partial charge in [0.1, 0.15) is 5.15 Å². The fraction of sp³-hybridized carbons (Fsp3) is 0.714. The van der Waals surface area contributed by atoms with Crippen molar-refractivity contribution in [3.63, 3.8) is 0 Å². The number of pyridine rings is 1. The van der Waals surface area contributed by atoms with E-state index in [4.69, 9.17) is 16.3 Å². The molecule has 156 valence electrons. The van der Waals surface area contributed by atoms with Gasteiger partial charge in [-0.15, -0.1) is 0 Å². The van der Waals surface area contributed by atoms with Crippen molar-refractivity contribution in [1.82, 2.24) is 20.5 Å². The summed E-state index contributed by atoms with van der Waals surface area (Å²) in [6, 6.07) is 3.86. The summed E-state index contributed by atoms with van der Waals surface area (Å²) < 4.78 is 5.53. The van der Waals surface area contributed by atoms with Gasteiger partial charge in [-0.1, -0.05) is 36.9 Å². The van der Waals surface area contributed by atoms with Crippen LogP contribution in [0.2, 0.25) is 5.15 Å². The molecule has 0 amide bonds. The highest BCUT2D eigenvalue weighted by Crippen LogP contribution is 2.36. The molecule has 1 aromatic heterocycles. The summed E-state index contributed by atoms with van der Waals surface area (Å²) in [5.41, 5.74) is 1.51. The number of nitrogens with zero attached hydrogens (tertiary/aromatic N) is 3. The molecule has 2 N–H and O–H groups in total. The van der Waals surface area contributed by atoms with Crippen LogP contribution in [0, 0.1) is 5.41 Å². The van der Waals surface area contributed by atoms with Crippen LogP contribution < -0.4 is 10.6 Å². The Morgan fingerprint density at radius 1 is 1.21 bits per heavy atom. The molecule has 0 unspecified atom stereocenters. The molecule has 28 heavy (non-hydrogen) atoms. The number of aliphatic imine (C=N–C) groups is 1. The minimum atomic E-state index is 0.341. The molecule has 1 saturated heterocycles. The average Bonchev–Trinajstić information content (AvgIpc) is 2.73. The van der Waals surface area contributed by atoms with E-state index in [2.05, 4.69) is 25.5 Å². The summed E-state index contributed by atoms with van der Waals surface area (Å²) >= 11 is 5.85. The molecule has 0 radical (unpaired) electrons. The summed E-state index contributed by atoms with van der Waals surface area (Å²) in [6.45, 7) is 6.81. The van der Waals surface area contributed by atoms with Gasteiger partial charge in [-0.05, 0) is 30.9 Å². The molecule has 2 fully saturated rings. The largest absolute Gasteiger partial charge is 0.379 e. The van der Waals surface area contributed by atoms with Crippen molar-refractivity contribution in [3.8, 4) is 0 Å². The van der Waals surface area contributed by atoms with E-state index in [1.54, 1.807) is 0 Å². The summed E-state index contributed by atoms with van der Waals surface area (Å²) in [5.74, 6) is 0.883. The second kappa shape index (κ2) is 11.0. The molecule has 3 rings (SSSR count). The van der Waals surface area contributed by atoms with Crippen molar-refractivity contribution in [3.05, 3.63) is 29.0 Å². The van der Waals surface area contributed by atoms with Gasteiger partial charge >= 0.3 is 0 Å². The molecular weight excluding hydrogens is 374 g/mol. The molecule has 1 aliphatic carbocycles. The molecule has 0 aromatic carbocycles. The van der Waals surface area contributed by atoms with Crippen LogP contribution in [-0.4, -0.2) is 68.8 Å². The normalized spacial score (nSPS) is 20.7. The maximum Gasteiger partial charge on any atom is 0.191 e. The van der Waals surface area contributed by atoms with Crippen LogP contribution in [0.4, 0.5) is 0 Å². The molecule has 1 aliphatic heterocycles. The Hall–Kier alpha value is -1.37. The number of guanidine groups is 1. The van der Waals surface area contributed by atoms with Gasteiger partial charge in [0.05, 0.1) is 13.2 Å². The van der Waals surface area contributed by atoms with Crippen molar-refractivity contribution < 1.29 is 4.74 Å². The minimum Gasteiger partial charge on any atom is -0.379 e. The average molecular weight is 408 g/mol. The van der Waals surface area contributed by atoms with E-state index in [1.807, 2.05) is 25.4 Å².